The van der Waals surface area contributed by atoms with E-state index in [0.717, 1.165) is 25.9 Å². The predicted octanol–water partition coefficient (Wildman–Crippen LogP) is 3.90. The van der Waals surface area contributed by atoms with Crippen molar-refractivity contribution < 1.29 is 4.39 Å². The maximum Gasteiger partial charge on any atom is 0.128 e. The van der Waals surface area contributed by atoms with Crippen molar-refractivity contribution in [1.29, 1.82) is 0 Å². The SMILES string of the molecule is CCCCN(CCCC)CC(C)(N)c1ccccc1F. The van der Waals surface area contributed by atoms with Crippen molar-refractivity contribution in [3.05, 3.63) is 35.6 Å². The average molecular weight is 280 g/mol. The van der Waals surface area contributed by atoms with Gasteiger partial charge in [-0.15, -0.1) is 0 Å². The molecule has 0 fully saturated rings. The van der Waals surface area contributed by atoms with Crippen LogP contribution in [0.15, 0.2) is 24.3 Å². The second-order valence-electron chi connectivity index (χ2n) is 5.88. The Labute approximate surface area is 123 Å². The van der Waals surface area contributed by atoms with Gasteiger partial charge < -0.3 is 10.6 Å². The van der Waals surface area contributed by atoms with Gasteiger partial charge >= 0.3 is 0 Å². The number of halogens is 1. The second-order valence-corrected chi connectivity index (χ2v) is 5.88. The van der Waals surface area contributed by atoms with Gasteiger partial charge in [0.05, 0.1) is 5.54 Å². The highest BCUT2D eigenvalue weighted by Crippen LogP contribution is 2.22. The van der Waals surface area contributed by atoms with Crippen LogP contribution in [-0.2, 0) is 5.54 Å². The molecule has 1 unspecified atom stereocenters. The highest BCUT2D eigenvalue weighted by molar-refractivity contribution is 5.25. The van der Waals surface area contributed by atoms with Crippen molar-refractivity contribution >= 4 is 0 Å². The third kappa shape index (κ3) is 5.22. The molecule has 1 rings (SSSR count). The van der Waals surface area contributed by atoms with Crippen LogP contribution in [0.1, 0.15) is 52.0 Å². The van der Waals surface area contributed by atoms with Crippen molar-refractivity contribution in [2.24, 2.45) is 5.73 Å². The van der Waals surface area contributed by atoms with E-state index in [-0.39, 0.29) is 5.82 Å². The Morgan fingerprint density at radius 3 is 2.15 bits per heavy atom. The zero-order valence-electron chi connectivity index (χ0n) is 13.2. The average Bonchev–Trinajstić information content (AvgIpc) is 2.42. The first-order valence-electron chi connectivity index (χ1n) is 7.77. The lowest BCUT2D eigenvalue weighted by Crippen LogP contribution is -2.46. The number of hydrogen-bond acceptors (Lipinski definition) is 2. The van der Waals surface area contributed by atoms with Crippen molar-refractivity contribution in [2.75, 3.05) is 19.6 Å². The fourth-order valence-electron chi connectivity index (χ4n) is 2.51. The lowest BCUT2D eigenvalue weighted by atomic mass is 9.92. The van der Waals surface area contributed by atoms with Gasteiger partial charge in [-0.3, -0.25) is 0 Å². The van der Waals surface area contributed by atoms with Crippen LogP contribution in [0.5, 0.6) is 0 Å². The topological polar surface area (TPSA) is 29.3 Å². The summed E-state index contributed by atoms with van der Waals surface area (Å²) in [7, 11) is 0. The first kappa shape index (κ1) is 17.1. The van der Waals surface area contributed by atoms with Crippen LogP contribution in [0.3, 0.4) is 0 Å². The molecule has 0 amide bonds. The molecule has 2 N–H and O–H groups in total. The standard InChI is InChI=1S/C17H29FN2/c1-4-6-12-20(13-7-5-2)14-17(3,19)15-10-8-9-11-16(15)18/h8-11H,4-7,12-14,19H2,1-3H3. The first-order chi connectivity index (χ1) is 9.51. The Balaban J connectivity index is 2.76. The lowest BCUT2D eigenvalue weighted by molar-refractivity contribution is 0.209. The number of hydrogen-bond donors (Lipinski definition) is 1. The molecule has 1 aromatic rings. The molecular formula is C17H29FN2. The normalized spacial score (nSPS) is 14.5. The predicted molar refractivity (Wildman–Crippen MR) is 84.2 cm³/mol. The third-order valence-electron chi connectivity index (χ3n) is 3.70. The van der Waals surface area contributed by atoms with Crippen molar-refractivity contribution in [3.63, 3.8) is 0 Å². The summed E-state index contributed by atoms with van der Waals surface area (Å²) in [6, 6.07) is 6.85. The molecular weight excluding hydrogens is 251 g/mol. The minimum Gasteiger partial charge on any atom is -0.320 e. The smallest absolute Gasteiger partial charge is 0.128 e. The number of nitrogens with zero attached hydrogens (tertiary/aromatic N) is 1. The van der Waals surface area contributed by atoms with E-state index in [4.69, 9.17) is 5.73 Å². The molecule has 20 heavy (non-hydrogen) atoms. The van der Waals surface area contributed by atoms with Crippen LogP contribution < -0.4 is 5.73 Å². The maximum absolute atomic E-state index is 13.9. The van der Waals surface area contributed by atoms with Crippen LogP contribution in [0.4, 0.5) is 4.39 Å². The van der Waals surface area contributed by atoms with Crippen LogP contribution in [0, 0.1) is 5.82 Å². The number of benzene rings is 1. The van der Waals surface area contributed by atoms with Crippen molar-refractivity contribution in [1.82, 2.24) is 4.90 Å². The third-order valence-corrected chi connectivity index (χ3v) is 3.70. The van der Waals surface area contributed by atoms with Crippen LogP contribution in [-0.4, -0.2) is 24.5 Å². The molecule has 0 heterocycles. The fourth-order valence-corrected chi connectivity index (χ4v) is 2.51. The molecule has 0 bridgehead atoms. The maximum atomic E-state index is 13.9. The van der Waals surface area contributed by atoms with Gasteiger partial charge in [-0.1, -0.05) is 44.9 Å². The van der Waals surface area contributed by atoms with E-state index < -0.39 is 5.54 Å². The van der Waals surface area contributed by atoms with Gasteiger partial charge in [-0.2, -0.15) is 0 Å². The van der Waals surface area contributed by atoms with Gasteiger partial charge in [0.25, 0.3) is 0 Å². The van der Waals surface area contributed by atoms with E-state index in [1.54, 1.807) is 12.1 Å². The molecule has 0 aromatic heterocycles. The molecule has 0 spiro atoms. The van der Waals surface area contributed by atoms with Gasteiger partial charge in [0.1, 0.15) is 5.82 Å². The van der Waals surface area contributed by atoms with E-state index in [0.29, 0.717) is 12.1 Å². The summed E-state index contributed by atoms with van der Waals surface area (Å²) in [6.45, 7) is 9.09. The van der Waals surface area contributed by atoms with Crippen LogP contribution >= 0.6 is 0 Å². The summed E-state index contributed by atoms with van der Waals surface area (Å²) in [4.78, 5) is 2.37. The van der Waals surface area contributed by atoms with E-state index in [1.165, 1.54) is 18.9 Å². The zero-order valence-corrected chi connectivity index (χ0v) is 13.2. The van der Waals surface area contributed by atoms with Gasteiger partial charge in [0, 0.05) is 12.1 Å². The van der Waals surface area contributed by atoms with E-state index in [2.05, 4.69) is 18.7 Å². The number of nitrogens with two attached hydrogens (primary N) is 1. The van der Waals surface area contributed by atoms with Gasteiger partial charge in [0.15, 0.2) is 0 Å². The Hall–Kier alpha value is -0.930. The molecule has 3 heteroatoms. The van der Waals surface area contributed by atoms with Gasteiger partial charge in [-0.05, 0) is 38.9 Å². The van der Waals surface area contributed by atoms with E-state index >= 15 is 0 Å². The van der Waals surface area contributed by atoms with E-state index in [9.17, 15) is 4.39 Å². The van der Waals surface area contributed by atoms with Gasteiger partial charge in [0.2, 0.25) is 0 Å². The van der Waals surface area contributed by atoms with Crippen LogP contribution in [0.25, 0.3) is 0 Å². The lowest BCUT2D eigenvalue weighted by Gasteiger charge is -2.33. The minimum absolute atomic E-state index is 0.205. The molecule has 114 valence electrons. The highest BCUT2D eigenvalue weighted by atomic mass is 19.1. The number of rotatable bonds is 9. The Kier molecular flexibility index (Phi) is 7.17. The minimum atomic E-state index is -0.646. The molecule has 2 nitrogen and oxygen atoms in total. The second kappa shape index (κ2) is 8.38. The Morgan fingerprint density at radius 1 is 1.10 bits per heavy atom. The molecule has 0 aliphatic heterocycles. The summed E-state index contributed by atoms with van der Waals surface area (Å²) >= 11 is 0. The quantitative estimate of drug-likeness (QED) is 0.743. The summed E-state index contributed by atoms with van der Waals surface area (Å²) in [6.07, 6.45) is 4.67. The highest BCUT2D eigenvalue weighted by Gasteiger charge is 2.26. The number of unbranched alkanes of at least 4 members (excludes halogenated alkanes) is 2. The first-order valence-corrected chi connectivity index (χ1v) is 7.77. The summed E-state index contributed by atoms with van der Waals surface area (Å²) in [5.41, 5.74) is 6.36. The molecule has 0 radical (unpaired) electrons. The largest absolute Gasteiger partial charge is 0.320 e. The molecule has 0 saturated carbocycles. The summed E-state index contributed by atoms with van der Waals surface area (Å²) in [5, 5.41) is 0. The van der Waals surface area contributed by atoms with Gasteiger partial charge in [-0.25, -0.2) is 4.39 Å². The molecule has 0 aliphatic rings. The zero-order chi connectivity index (χ0) is 15.0. The Morgan fingerprint density at radius 2 is 1.65 bits per heavy atom. The fraction of sp³-hybridized carbons (Fsp3) is 0.647. The van der Waals surface area contributed by atoms with Crippen molar-refractivity contribution in [2.45, 2.75) is 52.0 Å². The summed E-state index contributed by atoms with van der Waals surface area (Å²) < 4.78 is 13.9. The molecule has 0 saturated heterocycles. The molecule has 1 aromatic carbocycles. The summed E-state index contributed by atoms with van der Waals surface area (Å²) in [5.74, 6) is -0.205. The van der Waals surface area contributed by atoms with E-state index in [1.807, 2.05) is 13.0 Å². The van der Waals surface area contributed by atoms with Crippen molar-refractivity contribution in [3.8, 4) is 0 Å². The van der Waals surface area contributed by atoms with Crippen LogP contribution in [0.2, 0.25) is 0 Å². The Bertz CT molecular complexity index is 382. The monoisotopic (exact) mass is 280 g/mol. The molecule has 0 aliphatic carbocycles. The molecule has 1 atom stereocenters.